The van der Waals surface area contributed by atoms with Gasteiger partial charge in [0, 0.05) is 26.5 Å². The highest BCUT2D eigenvalue weighted by Gasteiger charge is 2.03. The minimum atomic E-state index is 0.778. The van der Waals surface area contributed by atoms with E-state index in [-0.39, 0.29) is 0 Å². The summed E-state index contributed by atoms with van der Waals surface area (Å²) in [7, 11) is 1.72. The van der Waals surface area contributed by atoms with Crippen LogP contribution in [-0.2, 0) is 17.6 Å². The van der Waals surface area contributed by atoms with Crippen LogP contribution in [0.1, 0.15) is 36.2 Å². The molecule has 4 nitrogen and oxygen atoms in total. The van der Waals surface area contributed by atoms with E-state index in [1.54, 1.807) is 18.4 Å². The van der Waals surface area contributed by atoms with Gasteiger partial charge >= 0.3 is 0 Å². The van der Waals surface area contributed by atoms with Gasteiger partial charge in [-0.25, -0.2) is 0 Å². The van der Waals surface area contributed by atoms with E-state index in [4.69, 9.17) is 4.74 Å². The average Bonchev–Trinajstić information content (AvgIpc) is 2.79. The highest BCUT2D eigenvalue weighted by molar-refractivity contribution is 7.11. The van der Waals surface area contributed by atoms with Crippen LogP contribution in [0.4, 0.5) is 0 Å². The molecule has 17 heavy (non-hydrogen) atoms. The van der Waals surface area contributed by atoms with E-state index in [2.05, 4.69) is 22.4 Å². The van der Waals surface area contributed by atoms with Crippen LogP contribution in [0.25, 0.3) is 0 Å². The number of hydrogen-bond donors (Lipinski definition) is 1. The van der Waals surface area contributed by atoms with E-state index >= 15 is 0 Å². The highest BCUT2D eigenvalue weighted by atomic mass is 32.1. The number of rotatable bonds is 10. The molecular formula is C12H23N3OS. The van der Waals surface area contributed by atoms with Gasteiger partial charge in [0.15, 0.2) is 0 Å². The van der Waals surface area contributed by atoms with Gasteiger partial charge in [0.2, 0.25) is 0 Å². The molecule has 0 aromatic carbocycles. The predicted octanol–water partition coefficient (Wildman–Crippen LogP) is 2.05. The van der Waals surface area contributed by atoms with Crippen molar-refractivity contribution in [2.45, 2.75) is 39.0 Å². The molecule has 1 heterocycles. The lowest BCUT2D eigenvalue weighted by Crippen LogP contribution is -2.20. The van der Waals surface area contributed by atoms with Gasteiger partial charge in [-0.15, -0.1) is 21.5 Å². The fourth-order valence-electron chi connectivity index (χ4n) is 1.48. The number of hydrogen-bond acceptors (Lipinski definition) is 5. The Balaban J connectivity index is 2.08. The molecule has 0 aliphatic rings. The Morgan fingerprint density at radius 1 is 1.12 bits per heavy atom. The zero-order valence-corrected chi connectivity index (χ0v) is 11.7. The summed E-state index contributed by atoms with van der Waals surface area (Å²) in [5, 5.41) is 14.1. The largest absolute Gasteiger partial charge is 0.383 e. The van der Waals surface area contributed by atoms with E-state index in [0.717, 1.165) is 39.0 Å². The van der Waals surface area contributed by atoms with Crippen molar-refractivity contribution in [1.29, 1.82) is 0 Å². The Morgan fingerprint density at radius 3 is 2.47 bits per heavy atom. The quantitative estimate of drug-likeness (QED) is 0.652. The molecule has 0 spiro atoms. The number of unbranched alkanes of at least 4 members (excludes halogenated alkanes) is 1. The molecular weight excluding hydrogens is 234 g/mol. The fraction of sp³-hybridized carbons (Fsp3) is 0.833. The van der Waals surface area contributed by atoms with Crippen LogP contribution in [0, 0.1) is 0 Å². The molecule has 0 aliphatic heterocycles. The van der Waals surface area contributed by atoms with Gasteiger partial charge < -0.3 is 10.1 Å². The SMILES string of the molecule is CCCCc1nnc(CCCNCCOC)s1. The molecule has 5 heteroatoms. The summed E-state index contributed by atoms with van der Waals surface area (Å²) in [5.41, 5.74) is 0. The van der Waals surface area contributed by atoms with Crippen LogP contribution in [0.5, 0.6) is 0 Å². The first-order valence-corrected chi connectivity index (χ1v) is 7.19. The van der Waals surface area contributed by atoms with Crippen molar-refractivity contribution in [3.05, 3.63) is 10.0 Å². The average molecular weight is 257 g/mol. The zero-order chi connectivity index (χ0) is 12.3. The van der Waals surface area contributed by atoms with Gasteiger partial charge in [-0.05, 0) is 19.4 Å². The predicted molar refractivity (Wildman–Crippen MR) is 71.6 cm³/mol. The van der Waals surface area contributed by atoms with Gasteiger partial charge in [0.05, 0.1) is 6.61 Å². The Bertz CT molecular complexity index is 291. The third-order valence-corrected chi connectivity index (χ3v) is 3.52. The number of nitrogens with zero attached hydrogens (tertiary/aromatic N) is 2. The van der Waals surface area contributed by atoms with E-state index in [9.17, 15) is 0 Å². The van der Waals surface area contributed by atoms with Crippen LogP contribution in [0.2, 0.25) is 0 Å². The molecule has 98 valence electrons. The van der Waals surface area contributed by atoms with Crippen molar-refractivity contribution in [1.82, 2.24) is 15.5 Å². The molecule has 0 bridgehead atoms. The molecule has 0 atom stereocenters. The third-order valence-electron chi connectivity index (χ3n) is 2.48. The van der Waals surface area contributed by atoms with Crippen LogP contribution < -0.4 is 5.32 Å². The minimum absolute atomic E-state index is 0.778. The van der Waals surface area contributed by atoms with E-state index in [1.165, 1.54) is 22.9 Å². The zero-order valence-electron chi connectivity index (χ0n) is 10.9. The Hall–Kier alpha value is -0.520. The van der Waals surface area contributed by atoms with E-state index in [1.807, 2.05) is 0 Å². The van der Waals surface area contributed by atoms with Gasteiger partial charge in [0.1, 0.15) is 10.0 Å². The standard InChI is InChI=1S/C12H23N3OS/c1-3-4-6-11-14-15-12(17-11)7-5-8-13-9-10-16-2/h13H,3-10H2,1-2H3. The number of methoxy groups -OCH3 is 1. The first-order valence-electron chi connectivity index (χ1n) is 6.37. The molecule has 1 aromatic rings. The fourth-order valence-corrected chi connectivity index (χ4v) is 2.41. The summed E-state index contributed by atoms with van der Waals surface area (Å²) in [5.74, 6) is 0. The topological polar surface area (TPSA) is 47.0 Å². The third kappa shape index (κ3) is 6.71. The van der Waals surface area contributed by atoms with Gasteiger partial charge in [-0.2, -0.15) is 0 Å². The van der Waals surface area contributed by atoms with Crippen molar-refractivity contribution in [3.8, 4) is 0 Å². The molecule has 0 aliphatic carbocycles. The molecule has 1 aromatic heterocycles. The van der Waals surface area contributed by atoms with Crippen molar-refractivity contribution in [3.63, 3.8) is 0 Å². The molecule has 0 unspecified atom stereocenters. The summed E-state index contributed by atoms with van der Waals surface area (Å²) >= 11 is 1.77. The first-order chi connectivity index (χ1) is 8.36. The second kappa shape index (κ2) is 9.50. The summed E-state index contributed by atoms with van der Waals surface area (Å²) in [4.78, 5) is 0. The number of aromatic nitrogens is 2. The highest BCUT2D eigenvalue weighted by Crippen LogP contribution is 2.13. The lowest BCUT2D eigenvalue weighted by atomic mass is 10.3. The maximum atomic E-state index is 4.96. The van der Waals surface area contributed by atoms with Crippen molar-refractivity contribution in [2.75, 3.05) is 26.8 Å². The summed E-state index contributed by atoms with van der Waals surface area (Å²) in [6.45, 7) is 4.93. The second-order valence-corrected chi connectivity index (χ2v) is 5.19. The Kier molecular flexibility index (Phi) is 8.13. The summed E-state index contributed by atoms with van der Waals surface area (Å²) in [6, 6.07) is 0. The molecule has 0 amide bonds. The summed E-state index contributed by atoms with van der Waals surface area (Å²) < 4.78 is 4.96. The van der Waals surface area contributed by atoms with Crippen molar-refractivity contribution in [2.24, 2.45) is 0 Å². The lowest BCUT2D eigenvalue weighted by Gasteiger charge is -2.01. The van der Waals surface area contributed by atoms with Gasteiger partial charge in [-0.1, -0.05) is 13.3 Å². The number of nitrogens with one attached hydrogen (secondary N) is 1. The molecule has 0 saturated carbocycles. The van der Waals surface area contributed by atoms with E-state index < -0.39 is 0 Å². The minimum Gasteiger partial charge on any atom is -0.383 e. The molecule has 1 rings (SSSR count). The van der Waals surface area contributed by atoms with Gasteiger partial charge in [0.25, 0.3) is 0 Å². The number of ether oxygens (including phenoxy) is 1. The van der Waals surface area contributed by atoms with Crippen molar-refractivity contribution >= 4 is 11.3 Å². The normalized spacial score (nSPS) is 10.9. The Morgan fingerprint density at radius 2 is 1.82 bits per heavy atom. The monoisotopic (exact) mass is 257 g/mol. The van der Waals surface area contributed by atoms with Crippen molar-refractivity contribution < 1.29 is 4.74 Å². The summed E-state index contributed by atoms with van der Waals surface area (Å²) in [6.07, 6.45) is 5.67. The van der Waals surface area contributed by atoms with Crippen LogP contribution >= 0.6 is 11.3 Å². The molecule has 0 saturated heterocycles. The first kappa shape index (κ1) is 14.5. The molecule has 0 radical (unpaired) electrons. The Labute approximate surface area is 108 Å². The molecule has 0 fully saturated rings. The van der Waals surface area contributed by atoms with Crippen LogP contribution in [0.3, 0.4) is 0 Å². The van der Waals surface area contributed by atoms with E-state index in [0.29, 0.717) is 0 Å². The lowest BCUT2D eigenvalue weighted by molar-refractivity contribution is 0.199. The smallest absolute Gasteiger partial charge is 0.117 e. The molecule has 1 N–H and O–H groups in total. The maximum absolute atomic E-state index is 4.96. The van der Waals surface area contributed by atoms with Crippen LogP contribution in [0.15, 0.2) is 0 Å². The van der Waals surface area contributed by atoms with Gasteiger partial charge in [-0.3, -0.25) is 0 Å². The van der Waals surface area contributed by atoms with Crippen LogP contribution in [-0.4, -0.2) is 37.0 Å². The maximum Gasteiger partial charge on any atom is 0.117 e. The number of aryl methyl sites for hydroxylation is 2. The second-order valence-electron chi connectivity index (χ2n) is 4.04.